The molecule has 0 amide bonds. The number of hydrogen-bond acceptors (Lipinski definition) is 5. The molecule has 0 aliphatic rings. The third-order valence-corrected chi connectivity index (χ3v) is 12.6. The molecule has 0 N–H and O–H groups in total. The summed E-state index contributed by atoms with van der Waals surface area (Å²) in [5.74, 6) is 0. The Hall–Kier alpha value is -4.15. The number of benzene rings is 4. The molecule has 0 bridgehead atoms. The molecule has 0 atom stereocenters. The fourth-order valence-corrected chi connectivity index (χ4v) is 10.1. The van der Waals surface area contributed by atoms with Crippen LogP contribution in [0.2, 0.25) is 0 Å². The zero-order valence-corrected chi connectivity index (χ0v) is 23.7. The number of nitrogens with zero attached hydrogens (tertiary/aromatic N) is 2. The monoisotopic (exact) mass is 568 g/mol. The van der Waals surface area contributed by atoms with Crippen LogP contribution in [0.3, 0.4) is 0 Å². The summed E-state index contributed by atoms with van der Waals surface area (Å²) >= 11 is 3.60. The molecule has 40 heavy (non-hydrogen) atoms. The molecule has 4 heterocycles. The van der Waals surface area contributed by atoms with Gasteiger partial charge in [-0.2, -0.15) is 0 Å². The molecule has 8 rings (SSSR count). The zero-order chi connectivity index (χ0) is 26.7. The Kier molecular flexibility index (Phi) is 5.46. The number of hydrogen-bond donors (Lipinski definition) is 0. The van der Waals surface area contributed by atoms with E-state index in [1.54, 1.807) is 23.7 Å². The van der Waals surface area contributed by atoms with Gasteiger partial charge in [-0.15, -0.1) is 22.7 Å². The molecule has 0 spiro atoms. The van der Waals surface area contributed by atoms with Crippen LogP contribution in [0.4, 0.5) is 0 Å². The molecule has 8 aromatic rings. The van der Waals surface area contributed by atoms with Crippen molar-refractivity contribution < 1.29 is 4.57 Å². The summed E-state index contributed by atoms with van der Waals surface area (Å²) < 4.78 is 19.9. The highest BCUT2D eigenvalue weighted by atomic mass is 32.1. The second kappa shape index (κ2) is 9.21. The first-order valence-corrected chi connectivity index (χ1v) is 16.3. The standard InChI is InChI=1S/C34H21N2OPS2/c37-38(33-9-3-5-17-35-33,34-10-4-6-18-36-34)24-13-16-32-28(21-24)27-20-23(12-15-31(27)40-32)22-11-14-30-26(19-22)25-7-1-2-8-29(25)39-30/h1-21H. The predicted molar refractivity (Wildman–Crippen MR) is 173 cm³/mol. The molecular weight excluding hydrogens is 547 g/mol. The SMILES string of the molecule is O=P(c1ccc2sc3ccc(-c4ccc5sc6ccccc6c5c4)cc3c2c1)(c1ccccn1)c1ccccn1. The van der Waals surface area contributed by atoms with E-state index >= 15 is 0 Å². The number of pyridine rings is 2. The van der Waals surface area contributed by atoms with E-state index in [-0.39, 0.29) is 0 Å². The van der Waals surface area contributed by atoms with E-state index in [2.05, 4.69) is 82.8 Å². The minimum Gasteiger partial charge on any atom is -0.305 e. The summed E-state index contributed by atoms with van der Waals surface area (Å²) in [6.45, 7) is 0. The number of fused-ring (bicyclic) bond motifs is 6. The van der Waals surface area contributed by atoms with Gasteiger partial charge in [0, 0.05) is 58.0 Å². The van der Waals surface area contributed by atoms with Gasteiger partial charge < -0.3 is 4.57 Å². The van der Waals surface area contributed by atoms with Gasteiger partial charge >= 0.3 is 0 Å². The maximum atomic E-state index is 14.9. The van der Waals surface area contributed by atoms with E-state index in [0.29, 0.717) is 10.9 Å². The molecule has 190 valence electrons. The lowest BCUT2D eigenvalue weighted by Gasteiger charge is -2.18. The summed E-state index contributed by atoms with van der Waals surface area (Å²) in [6, 6.07) is 39.4. The van der Waals surface area contributed by atoms with Crippen molar-refractivity contribution in [3.05, 3.63) is 128 Å². The molecule has 0 aliphatic heterocycles. The largest absolute Gasteiger partial charge is 0.305 e. The number of aromatic nitrogens is 2. The lowest BCUT2D eigenvalue weighted by molar-refractivity contribution is 0.591. The second-order valence-electron chi connectivity index (χ2n) is 9.79. The fourth-order valence-electron chi connectivity index (χ4n) is 5.51. The van der Waals surface area contributed by atoms with Crippen LogP contribution in [0.1, 0.15) is 0 Å². The first kappa shape index (κ1) is 23.7. The van der Waals surface area contributed by atoms with Gasteiger partial charge in [0.2, 0.25) is 7.14 Å². The molecule has 6 heteroatoms. The van der Waals surface area contributed by atoms with Crippen molar-refractivity contribution in [2.45, 2.75) is 0 Å². The van der Waals surface area contributed by atoms with E-state index in [4.69, 9.17) is 0 Å². The predicted octanol–water partition coefficient (Wildman–Crippen LogP) is 8.52. The molecule has 4 aromatic carbocycles. The first-order valence-electron chi connectivity index (χ1n) is 13.0. The van der Waals surface area contributed by atoms with Crippen LogP contribution in [0.25, 0.3) is 51.5 Å². The van der Waals surface area contributed by atoms with Crippen molar-refractivity contribution in [3.63, 3.8) is 0 Å². The van der Waals surface area contributed by atoms with E-state index in [1.165, 1.54) is 46.1 Å². The minimum absolute atomic E-state index is 0.546. The van der Waals surface area contributed by atoms with Gasteiger partial charge in [0.1, 0.15) is 10.9 Å². The third-order valence-electron chi connectivity index (χ3n) is 7.47. The fraction of sp³-hybridized carbons (Fsp3) is 0. The van der Waals surface area contributed by atoms with Crippen molar-refractivity contribution in [1.82, 2.24) is 9.97 Å². The summed E-state index contributed by atoms with van der Waals surface area (Å²) in [5.41, 5.74) is 3.46. The topological polar surface area (TPSA) is 42.9 Å². The van der Waals surface area contributed by atoms with E-state index in [1.807, 2.05) is 53.8 Å². The van der Waals surface area contributed by atoms with Gasteiger partial charge in [-0.3, -0.25) is 9.97 Å². The number of thiophene rings is 2. The maximum Gasteiger partial charge on any atom is 0.205 e. The molecule has 0 unspecified atom stereocenters. The van der Waals surface area contributed by atoms with Gasteiger partial charge in [0.15, 0.2) is 0 Å². The molecule has 0 fully saturated rings. The summed E-state index contributed by atoms with van der Waals surface area (Å²) in [6.07, 6.45) is 3.40. The van der Waals surface area contributed by atoms with Crippen LogP contribution in [-0.2, 0) is 4.57 Å². The Balaban J connectivity index is 1.32. The van der Waals surface area contributed by atoms with E-state index < -0.39 is 7.14 Å². The zero-order valence-electron chi connectivity index (χ0n) is 21.2. The Morgan fingerprint density at radius 1 is 0.475 bits per heavy atom. The van der Waals surface area contributed by atoms with Crippen LogP contribution in [0.5, 0.6) is 0 Å². The lowest BCUT2D eigenvalue weighted by Crippen LogP contribution is -2.28. The molecule has 4 aromatic heterocycles. The molecule has 0 aliphatic carbocycles. The van der Waals surface area contributed by atoms with Crippen molar-refractivity contribution in [2.24, 2.45) is 0 Å². The minimum atomic E-state index is -3.26. The Bertz CT molecular complexity index is 2210. The van der Waals surface area contributed by atoms with Crippen molar-refractivity contribution in [3.8, 4) is 11.1 Å². The third kappa shape index (κ3) is 3.66. The highest BCUT2D eigenvalue weighted by Crippen LogP contribution is 2.44. The lowest BCUT2D eigenvalue weighted by atomic mass is 10.0. The molecule has 0 saturated heterocycles. The summed E-state index contributed by atoms with van der Waals surface area (Å²) in [7, 11) is -3.26. The van der Waals surface area contributed by atoms with Gasteiger partial charge in [0.25, 0.3) is 0 Å². The number of rotatable bonds is 4. The average Bonchev–Trinajstić information content (AvgIpc) is 3.58. The molecular formula is C34H21N2OPS2. The van der Waals surface area contributed by atoms with Crippen molar-refractivity contribution in [2.75, 3.05) is 0 Å². The Morgan fingerprint density at radius 2 is 0.975 bits per heavy atom. The first-order chi connectivity index (χ1) is 19.7. The quantitative estimate of drug-likeness (QED) is 0.200. The molecule has 0 radical (unpaired) electrons. The van der Waals surface area contributed by atoms with Crippen LogP contribution in [0, 0.1) is 0 Å². The van der Waals surface area contributed by atoms with Crippen LogP contribution in [-0.4, -0.2) is 9.97 Å². The van der Waals surface area contributed by atoms with Crippen LogP contribution >= 0.6 is 29.8 Å². The van der Waals surface area contributed by atoms with Gasteiger partial charge in [0.05, 0.1) is 0 Å². The van der Waals surface area contributed by atoms with Crippen molar-refractivity contribution in [1.29, 1.82) is 0 Å². The van der Waals surface area contributed by atoms with Gasteiger partial charge in [-0.25, -0.2) is 0 Å². The Morgan fingerprint density at radius 3 is 1.57 bits per heavy atom. The second-order valence-corrected chi connectivity index (χ2v) is 14.6. The Labute approximate surface area is 238 Å². The van der Waals surface area contributed by atoms with Crippen LogP contribution in [0.15, 0.2) is 128 Å². The van der Waals surface area contributed by atoms with Crippen LogP contribution < -0.4 is 16.2 Å². The van der Waals surface area contributed by atoms with Crippen molar-refractivity contribution >= 4 is 86.3 Å². The average molecular weight is 569 g/mol. The van der Waals surface area contributed by atoms with E-state index in [0.717, 1.165) is 10.7 Å². The van der Waals surface area contributed by atoms with Gasteiger partial charge in [-0.1, -0.05) is 42.5 Å². The van der Waals surface area contributed by atoms with Gasteiger partial charge in [-0.05, 0) is 83.9 Å². The smallest absolute Gasteiger partial charge is 0.205 e. The maximum absolute atomic E-state index is 14.9. The highest BCUT2D eigenvalue weighted by Gasteiger charge is 2.33. The normalized spacial score (nSPS) is 12.1. The molecule has 0 saturated carbocycles. The summed E-state index contributed by atoms with van der Waals surface area (Å²) in [5, 5.41) is 5.61. The van der Waals surface area contributed by atoms with E-state index in [9.17, 15) is 4.57 Å². The molecule has 3 nitrogen and oxygen atoms in total. The summed E-state index contributed by atoms with van der Waals surface area (Å²) in [4.78, 5) is 9.06. The highest BCUT2D eigenvalue weighted by molar-refractivity contribution is 7.85.